The third-order valence-electron chi connectivity index (χ3n) is 1.33. The van der Waals surface area contributed by atoms with Crippen molar-refractivity contribution in [2.75, 3.05) is 0 Å². The maximum absolute atomic E-state index is 12.5. The van der Waals surface area contributed by atoms with E-state index in [1.165, 1.54) is 0 Å². The Morgan fingerprint density at radius 1 is 1.00 bits per heavy atom. The lowest BCUT2D eigenvalue weighted by molar-refractivity contribution is -0.142. The van der Waals surface area contributed by atoms with Gasteiger partial charge in [0.25, 0.3) is 5.75 Å². The van der Waals surface area contributed by atoms with Gasteiger partial charge in [0.15, 0.2) is 0 Å². The molecule has 0 aliphatic rings. The van der Waals surface area contributed by atoms with E-state index in [1.54, 1.807) is 0 Å². The summed E-state index contributed by atoms with van der Waals surface area (Å²) in [7, 11) is 0. The lowest BCUT2D eigenvalue weighted by Gasteiger charge is -2.07. The summed E-state index contributed by atoms with van der Waals surface area (Å²) in [6, 6.07) is 0.623. The Bertz CT molecular complexity index is 307. The minimum Gasteiger partial charge on any atom is -0.593 e. The topological polar surface area (TPSA) is 22.9 Å². The molecule has 13 heavy (non-hydrogen) atoms. The quantitative estimate of drug-likeness (QED) is 0.452. The second-order valence-electron chi connectivity index (χ2n) is 2.31. The molecular weight excluding hydrogens is 195 g/mol. The Hall–Kier alpha value is -1.33. The third kappa shape index (κ3) is 1.88. The van der Waals surface area contributed by atoms with Crippen LogP contribution in [0.5, 0.6) is 5.75 Å². The average molecular weight is 199 g/mol. The molecule has 1 aromatic carbocycles. The average Bonchev–Trinajstić information content (AvgIpc) is 1.78. The van der Waals surface area contributed by atoms with Gasteiger partial charge in [-0.3, -0.25) is 0 Å². The Kier molecular flexibility index (Phi) is 2.15. The van der Waals surface area contributed by atoms with E-state index >= 15 is 0 Å². The molecule has 0 spiro atoms. The molecule has 0 radical (unpaired) electrons. The first-order chi connectivity index (χ1) is 5.82. The van der Waals surface area contributed by atoms with Crippen molar-refractivity contribution >= 4 is 0 Å². The summed E-state index contributed by atoms with van der Waals surface area (Å²) in [5.74, 6) is -4.17. The first-order valence-electron chi connectivity index (χ1n) is 3.10. The highest BCUT2D eigenvalue weighted by molar-refractivity contribution is 5.31. The minimum absolute atomic E-state index is 0.311. The molecule has 0 bridgehead atoms. The molecular formula is C7H4F5O+. The van der Waals surface area contributed by atoms with E-state index in [4.69, 9.17) is 5.11 Å². The van der Waals surface area contributed by atoms with Crippen LogP contribution in [0.1, 0.15) is 5.56 Å². The summed E-state index contributed by atoms with van der Waals surface area (Å²) in [5, 5.41) is 6.73. The van der Waals surface area contributed by atoms with Gasteiger partial charge in [-0.05, 0) is 0 Å². The molecule has 0 unspecified atom stereocenters. The lowest BCUT2D eigenvalue weighted by Crippen LogP contribution is -2.10. The van der Waals surface area contributed by atoms with Crippen molar-refractivity contribution in [2.45, 2.75) is 6.18 Å². The zero-order valence-electron chi connectivity index (χ0n) is 6.04. The normalized spacial score (nSPS) is 11.8. The minimum atomic E-state index is -5.07. The molecule has 1 nitrogen and oxygen atoms in total. The zero-order chi connectivity index (χ0) is 10.2. The summed E-state index contributed by atoms with van der Waals surface area (Å²) in [5.41, 5.74) is -1.96. The molecule has 0 amide bonds. The second kappa shape index (κ2) is 2.86. The molecule has 0 aliphatic heterocycles. The van der Waals surface area contributed by atoms with Crippen LogP contribution in [0, 0.1) is 11.6 Å². The first kappa shape index (κ1) is 9.76. The molecule has 2 N–H and O–H groups in total. The molecule has 6 heteroatoms. The highest BCUT2D eigenvalue weighted by Gasteiger charge is 2.38. The van der Waals surface area contributed by atoms with Gasteiger partial charge in [0.05, 0.1) is 12.1 Å². The molecule has 0 atom stereocenters. The fourth-order valence-corrected chi connectivity index (χ4v) is 0.844. The van der Waals surface area contributed by atoms with Gasteiger partial charge in [0, 0.05) is 0 Å². The fraction of sp³-hybridized carbons (Fsp3) is 0.143. The predicted molar refractivity (Wildman–Crippen MR) is 34.4 cm³/mol. The van der Waals surface area contributed by atoms with Crippen LogP contribution >= 0.6 is 0 Å². The largest absolute Gasteiger partial charge is 0.593 e. The van der Waals surface area contributed by atoms with Crippen molar-refractivity contribution in [1.29, 1.82) is 0 Å². The van der Waals surface area contributed by atoms with Crippen LogP contribution in [-0.4, -0.2) is 5.11 Å². The van der Waals surface area contributed by atoms with Crippen molar-refractivity contribution in [3.8, 4) is 5.75 Å². The van der Waals surface area contributed by atoms with Gasteiger partial charge < -0.3 is 5.11 Å². The molecule has 0 saturated carbocycles. The van der Waals surface area contributed by atoms with Crippen LogP contribution in [0.4, 0.5) is 22.0 Å². The summed E-state index contributed by atoms with van der Waals surface area (Å²) in [4.78, 5) is 0. The highest BCUT2D eigenvalue weighted by Crippen LogP contribution is 2.34. The summed E-state index contributed by atoms with van der Waals surface area (Å²) in [6.45, 7) is 0. The van der Waals surface area contributed by atoms with Crippen LogP contribution < -0.4 is 0 Å². The van der Waals surface area contributed by atoms with E-state index in [0.717, 1.165) is 0 Å². The molecule has 1 rings (SSSR count). The summed E-state index contributed by atoms with van der Waals surface area (Å²) < 4.78 is 60.8. The SMILES string of the molecule is [OH2+]c1cc(F)c(C(F)(F)F)c(F)c1. The van der Waals surface area contributed by atoms with Gasteiger partial charge >= 0.3 is 6.18 Å². The van der Waals surface area contributed by atoms with Gasteiger partial charge in [0.2, 0.25) is 0 Å². The number of halogens is 5. The summed E-state index contributed by atoms with van der Waals surface area (Å²) in [6.07, 6.45) is -5.07. The van der Waals surface area contributed by atoms with E-state index in [9.17, 15) is 22.0 Å². The molecule has 1 aromatic rings. The third-order valence-corrected chi connectivity index (χ3v) is 1.33. The van der Waals surface area contributed by atoms with Crippen LogP contribution in [0.15, 0.2) is 12.1 Å². The molecule has 0 aromatic heterocycles. The van der Waals surface area contributed by atoms with Crippen molar-refractivity contribution in [2.24, 2.45) is 0 Å². The zero-order valence-corrected chi connectivity index (χ0v) is 6.04. The number of hydrogen-bond donors (Lipinski definition) is 0. The van der Waals surface area contributed by atoms with Crippen LogP contribution in [-0.2, 0) is 6.18 Å². The standard InChI is InChI=1S/C7H3F5O/c8-4-1-3(13)2-5(9)6(4)7(10,11)12/h1-2,13H/p+1. The van der Waals surface area contributed by atoms with Crippen LogP contribution in [0.3, 0.4) is 0 Å². The van der Waals surface area contributed by atoms with Crippen molar-refractivity contribution in [3.63, 3.8) is 0 Å². The Morgan fingerprint density at radius 2 is 1.38 bits per heavy atom. The monoisotopic (exact) mass is 199 g/mol. The van der Waals surface area contributed by atoms with E-state index in [2.05, 4.69) is 0 Å². The predicted octanol–water partition coefficient (Wildman–Crippen LogP) is 2.42. The molecule has 0 saturated heterocycles. The van der Waals surface area contributed by atoms with E-state index in [-0.39, 0.29) is 0 Å². The Balaban J connectivity index is 3.38. The van der Waals surface area contributed by atoms with E-state index in [0.29, 0.717) is 12.1 Å². The molecule has 0 fully saturated rings. The van der Waals surface area contributed by atoms with E-state index < -0.39 is 29.1 Å². The van der Waals surface area contributed by atoms with Crippen LogP contribution in [0.2, 0.25) is 0 Å². The maximum Gasteiger partial charge on any atom is 0.422 e. The molecule has 0 heterocycles. The molecule has 72 valence electrons. The first-order valence-corrected chi connectivity index (χ1v) is 3.10. The van der Waals surface area contributed by atoms with Gasteiger partial charge in [-0.15, -0.1) is 0 Å². The van der Waals surface area contributed by atoms with Crippen LogP contribution in [0.25, 0.3) is 0 Å². The molecule has 0 aliphatic carbocycles. The van der Waals surface area contributed by atoms with Gasteiger partial charge in [0.1, 0.15) is 17.2 Å². The smallest absolute Gasteiger partial charge is 0.422 e. The Labute approximate surface area is 69.4 Å². The van der Waals surface area contributed by atoms with Gasteiger partial charge in [-0.1, -0.05) is 0 Å². The number of alkyl halides is 3. The van der Waals surface area contributed by atoms with Gasteiger partial charge in [-0.25, -0.2) is 8.78 Å². The summed E-state index contributed by atoms with van der Waals surface area (Å²) >= 11 is 0. The number of hydrogen-bond acceptors (Lipinski definition) is 0. The fourth-order valence-electron chi connectivity index (χ4n) is 0.844. The number of benzene rings is 1. The van der Waals surface area contributed by atoms with E-state index in [1.807, 2.05) is 0 Å². The lowest BCUT2D eigenvalue weighted by atomic mass is 10.2. The van der Waals surface area contributed by atoms with Crippen molar-refractivity contribution in [3.05, 3.63) is 29.3 Å². The highest BCUT2D eigenvalue weighted by atomic mass is 19.4. The second-order valence-corrected chi connectivity index (χ2v) is 2.31. The number of rotatable bonds is 0. The Morgan fingerprint density at radius 3 is 1.69 bits per heavy atom. The van der Waals surface area contributed by atoms with Gasteiger partial charge in [-0.2, -0.15) is 13.2 Å². The van der Waals surface area contributed by atoms with Crippen molar-refractivity contribution < 1.29 is 27.1 Å². The maximum atomic E-state index is 12.5. The van der Waals surface area contributed by atoms with Crippen molar-refractivity contribution in [1.82, 2.24) is 0 Å².